The number of carbonyl (C=O) groups excluding carboxylic acids is 1. The molecule has 0 bridgehead atoms. The number of amides is 1. The van der Waals surface area contributed by atoms with Gasteiger partial charge in [-0.25, -0.2) is 0 Å². The average molecular weight is 327 g/mol. The first-order valence-electron chi connectivity index (χ1n) is 5.78. The maximum atomic E-state index is 11.8. The number of thioether (sulfide) groups is 1. The van der Waals surface area contributed by atoms with E-state index in [1.165, 1.54) is 11.8 Å². The van der Waals surface area contributed by atoms with Crippen molar-refractivity contribution in [1.82, 2.24) is 0 Å². The molecule has 0 heterocycles. The molecular weight excluding hydrogens is 315 g/mol. The number of nitrogen functional groups attached to an aromatic ring is 1. The van der Waals surface area contributed by atoms with E-state index in [0.29, 0.717) is 21.4 Å². The summed E-state index contributed by atoms with van der Waals surface area (Å²) >= 11 is 13.3. The van der Waals surface area contributed by atoms with Gasteiger partial charge in [0.2, 0.25) is 5.91 Å². The van der Waals surface area contributed by atoms with Crippen LogP contribution in [-0.2, 0) is 4.79 Å². The van der Waals surface area contributed by atoms with E-state index in [2.05, 4.69) is 5.32 Å². The third kappa shape index (κ3) is 4.34. The molecule has 0 radical (unpaired) electrons. The zero-order chi connectivity index (χ0) is 14.5. The van der Waals surface area contributed by atoms with E-state index in [-0.39, 0.29) is 11.7 Å². The molecule has 20 heavy (non-hydrogen) atoms. The van der Waals surface area contributed by atoms with Crippen molar-refractivity contribution >= 4 is 52.2 Å². The van der Waals surface area contributed by atoms with Crippen molar-refractivity contribution in [2.24, 2.45) is 0 Å². The molecule has 104 valence electrons. The number of carbonyl (C=O) groups is 1. The molecule has 0 spiro atoms. The second-order valence-corrected chi connectivity index (χ2v) is 5.89. The molecule has 0 aromatic heterocycles. The number of hydrogen-bond acceptors (Lipinski definition) is 3. The maximum absolute atomic E-state index is 11.8. The minimum Gasteiger partial charge on any atom is -0.399 e. The Morgan fingerprint density at radius 2 is 1.85 bits per heavy atom. The number of hydrogen-bond donors (Lipinski definition) is 2. The van der Waals surface area contributed by atoms with Gasteiger partial charge in [0.1, 0.15) is 0 Å². The summed E-state index contributed by atoms with van der Waals surface area (Å²) in [7, 11) is 0. The van der Waals surface area contributed by atoms with Crippen LogP contribution in [-0.4, -0.2) is 11.7 Å². The summed E-state index contributed by atoms with van der Waals surface area (Å²) in [4.78, 5) is 12.6. The fourth-order valence-corrected chi connectivity index (χ4v) is 2.79. The minimum atomic E-state index is -0.115. The first-order chi connectivity index (χ1) is 9.54. The van der Waals surface area contributed by atoms with Crippen LogP contribution in [0.25, 0.3) is 0 Å². The molecule has 0 atom stereocenters. The van der Waals surface area contributed by atoms with Gasteiger partial charge in [0.25, 0.3) is 0 Å². The molecule has 0 fully saturated rings. The van der Waals surface area contributed by atoms with Crippen molar-refractivity contribution in [1.29, 1.82) is 0 Å². The smallest absolute Gasteiger partial charge is 0.234 e. The van der Waals surface area contributed by atoms with Gasteiger partial charge in [0.05, 0.1) is 10.8 Å². The van der Waals surface area contributed by atoms with Crippen LogP contribution in [0.2, 0.25) is 10.0 Å². The van der Waals surface area contributed by atoms with E-state index >= 15 is 0 Å². The average Bonchev–Trinajstić information content (AvgIpc) is 2.42. The van der Waals surface area contributed by atoms with Crippen LogP contribution in [0.15, 0.2) is 47.4 Å². The van der Waals surface area contributed by atoms with Crippen molar-refractivity contribution in [2.45, 2.75) is 4.90 Å². The van der Waals surface area contributed by atoms with Crippen molar-refractivity contribution in [3.8, 4) is 0 Å². The van der Waals surface area contributed by atoms with Crippen LogP contribution in [0.1, 0.15) is 0 Å². The number of anilines is 2. The van der Waals surface area contributed by atoms with Gasteiger partial charge >= 0.3 is 0 Å². The lowest BCUT2D eigenvalue weighted by atomic mass is 10.3. The summed E-state index contributed by atoms with van der Waals surface area (Å²) in [6, 6.07) is 12.1. The Hall–Kier alpha value is -1.36. The van der Waals surface area contributed by atoms with Gasteiger partial charge in [-0.1, -0.05) is 23.2 Å². The van der Waals surface area contributed by atoms with Gasteiger partial charge in [-0.05, 0) is 42.5 Å². The highest BCUT2D eigenvalue weighted by atomic mass is 35.5. The third-order valence-electron chi connectivity index (χ3n) is 2.45. The standard InChI is InChI=1S/C14H12Cl2N2OS/c15-9-1-6-12(16)13(7-9)20-8-14(19)18-11-4-2-10(17)3-5-11/h1-7H,8,17H2,(H,18,19). The molecule has 0 aliphatic carbocycles. The summed E-state index contributed by atoms with van der Waals surface area (Å²) < 4.78 is 0. The molecule has 0 saturated carbocycles. The molecule has 0 saturated heterocycles. The summed E-state index contributed by atoms with van der Waals surface area (Å²) in [6.07, 6.45) is 0. The zero-order valence-corrected chi connectivity index (χ0v) is 12.7. The van der Waals surface area contributed by atoms with Crippen LogP contribution in [0, 0.1) is 0 Å². The molecule has 2 rings (SSSR count). The van der Waals surface area contributed by atoms with E-state index < -0.39 is 0 Å². The number of rotatable bonds is 4. The SMILES string of the molecule is Nc1ccc(NC(=O)CSc2cc(Cl)ccc2Cl)cc1. The van der Waals surface area contributed by atoms with Gasteiger partial charge in [-0.2, -0.15) is 0 Å². The summed E-state index contributed by atoms with van der Waals surface area (Å²) in [6.45, 7) is 0. The number of nitrogens with two attached hydrogens (primary N) is 1. The summed E-state index contributed by atoms with van der Waals surface area (Å²) in [5.41, 5.74) is 6.94. The van der Waals surface area contributed by atoms with Crippen LogP contribution in [0.4, 0.5) is 11.4 Å². The van der Waals surface area contributed by atoms with Crippen molar-refractivity contribution in [3.05, 3.63) is 52.5 Å². The van der Waals surface area contributed by atoms with Gasteiger partial charge in [0.15, 0.2) is 0 Å². The first kappa shape index (κ1) is 15.0. The van der Waals surface area contributed by atoms with Gasteiger partial charge in [0, 0.05) is 21.3 Å². The lowest BCUT2D eigenvalue weighted by Crippen LogP contribution is -2.13. The largest absolute Gasteiger partial charge is 0.399 e. The van der Waals surface area contributed by atoms with Gasteiger partial charge in [-0.15, -0.1) is 11.8 Å². The molecule has 2 aromatic rings. The highest BCUT2D eigenvalue weighted by molar-refractivity contribution is 8.00. The predicted octanol–water partition coefficient (Wildman–Crippen LogP) is 4.31. The highest BCUT2D eigenvalue weighted by Crippen LogP contribution is 2.29. The third-order valence-corrected chi connectivity index (χ3v) is 4.18. The van der Waals surface area contributed by atoms with Crippen molar-refractivity contribution in [2.75, 3.05) is 16.8 Å². The molecule has 3 nitrogen and oxygen atoms in total. The van der Waals surface area contributed by atoms with E-state index in [9.17, 15) is 4.79 Å². The Balaban J connectivity index is 1.92. The fourth-order valence-electron chi connectivity index (χ4n) is 1.49. The lowest BCUT2D eigenvalue weighted by Gasteiger charge is -2.07. The second kappa shape index (κ2) is 6.88. The minimum absolute atomic E-state index is 0.115. The zero-order valence-electron chi connectivity index (χ0n) is 10.4. The van der Waals surface area contributed by atoms with E-state index in [1.54, 1.807) is 42.5 Å². The monoisotopic (exact) mass is 326 g/mol. The summed E-state index contributed by atoms with van der Waals surface area (Å²) in [5.74, 6) is 0.139. The number of halogens is 2. The maximum Gasteiger partial charge on any atom is 0.234 e. The molecule has 6 heteroatoms. The van der Waals surface area contributed by atoms with Crippen LogP contribution in [0.3, 0.4) is 0 Å². The second-order valence-electron chi connectivity index (χ2n) is 4.03. The highest BCUT2D eigenvalue weighted by Gasteiger charge is 2.07. The Bertz CT molecular complexity index is 617. The molecule has 3 N–H and O–H groups in total. The Morgan fingerprint density at radius 1 is 1.15 bits per heavy atom. The molecular formula is C14H12Cl2N2OS. The molecule has 0 unspecified atom stereocenters. The van der Waals surface area contributed by atoms with E-state index in [4.69, 9.17) is 28.9 Å². The van der Waals surface area contributed by atoms with Crippen LogP contribution < -0.4 is 11.1 Å². The lowest BCUT2D eigenvalue weighted by molar-refractivity contribution is -0.113. The van der Waals surface area contributed by atoms with Gasteiger partial charge in [-0.3, -0.25) is 4.79 Å². The Morgan fingerprint density at radius 3 is 2.55 bits per heavy atom. The first-order valence-corrected chi connectivity index (χ1v) is 7.52. The molecule has 0 aliphatic heterocycles. The van der Waals surface area contributed by atoms with E-state index in [0.717, 1.165) is 4.90 Å². The summed E-state index contributed by atoms with van der Waals surface area (Å²) in [5, 5.41) is 3.96. The number of benzene rings is 2. The molecule has 2 aromatic carbocycles. The van der Waals surface area contributed by atoms with Crippen LogP contribution >= 0.6 is 35.0 Å². The fraction of sp³-hybridized carbons (Fsp3) is 0.0714. The van der Waals surface area contributed by atoms with Crippen molar-refractivity contribution < 1.29 is 4.79 Å². The number of nitrogens with one attached hydrogen (secondary N) is 1. The van der Waals surface area contributed by atoms with Gasteiger partial charge < -0.3 is 11.1 Å². The Labute approximate surface area is 131 Å². The normalized spacial score (nSPS) is 10.3. The molecule has 1 amide bonds. The predicted molar refractivity (Wildman–Crippen MR) is 86.7 cm³/mol. The van der Waals surface area contributed by atoms with Crippen LogP contribution in [0.5, 0.6) is 0 Å². The topological polar surface area (TPSA) is 55.1 Å². The van der Waals surface area contributed by atoms with E-state index in [1.807, 2.05) is 0 Å². The molecule has 0 aliphatic rings. The van der Waals surface area contributed by atoms with Crippen molar-refractivity contribution in [3.63, 3.8) is 0 Å². The Kier molecular flexibility index (Phi) is 5.17. The quantitative estimate of drug-likeness (QED) is 0.650.